The first-order valence-corrected chi connectivity index (χ1v) is 19.2. The third-order valence-corrected chi connectivity index (χ3v) is 11.1. The molecular formula is C34H32ClF8N9O5S. The molecule has 0 radical (unpaired) electrons. The number of alkyl carbamates (subject to hydrolysis) is 1. The molecule has 6 rings (SSSR count). The van der Waals surface area contributed by atoms with Crippen LogP contribution < -0.4 is 10.6 Å². The Morgan fingerprint density at radius 2 is 1.71 bits per heavy atom. The van der Waals surface area contributed by atoms with Crippen LogP contribution in [0.5, 0.6) is 0 Å². The van der Waals surface area contributed by atoms with Crippen molar-refractivity contribution in [1.29, 1.82) is 5.41 Å². The Morgan fingerprint density at radius 1 is 1.05 bits per heavy atom. The van der Waals surface area contributed by atoms with Crippen LogP contribution in [0.1, 0.15) is 62.5 Å². The Hall–Kier alpha value is -5.32. The standard InChI is InChI=1S/C34H32ClF8N9O5S/c1-30(2,33(38,39)40)16-32(21-7-4-18(5-8-21)20-13-46-50(14-20)58(3,55)56)27(53)51(28(44)48-32)24(15-57-29(54)49-31(10-11-31)34(41,42)43)19-6-9-22(35)23(12-19)52-26(25(36)37)45-17-47-52/h4-9,12-14,17,24-25H,10-11,15-16H2,1-3H3,(H2,44,48)(H,49,54)/t24-,32-/m1/s1. The van der Waals surface area contributed by atoms with Gasteiger partial charge >= 0.3 is 18.4 Å². The number of benzene rings is 2. The normalized spacial score (nSPS) is 19.0. The van der Waals surface area contributed by atoms with E-state index in [9.17, 15) is 53.1 Å². The number of nitrogens with zero attached hydrogens (tertiary/aromatic N) is 6. The molecule has 2 amide bonds. The van der Waals surface area contributed by atoms with Crippen LogP contribution in [0.2, 0.25) is 5.02 Å². The minimum Gasteiger partial charge on any atom is -0.447 e. The summed E-state index contributed by atoms with van der Waals surface area (Å²) in [6, 6.07) is 7.12. The second-order valence-corrected chi connectivity index (χ2v) is 16.7. The van der Waals surface area contributed by atoms with Gasteiger partial charge in [0.15, 0.2) is 11.8 Å². The summed E-state index contributed by atoms with van der Waals surface area (Å²) in [6.45, 7) is 0.651. The fourth-order valence-electron chi connectivity index (χ4n) is 6.48. The Labute approximate surface area is 329 Å². The number of alkyl halides is 8. The Kier molecular flexibility index (Phi) is 10.6. The largest absolute Gasteiger partial charge is 0.447 e. The molecule has 312 valence electrons. The number of nitrogens with one attached hydrogen (secondary N) is 3. The van der Waals surface area contributed by atoms with Gasteiger partial charge in [0.05, 0.1) is 40.8 Å². The lowest BCUT2D eigenvalue weighted by Gasteiger charge is -2.37. The van der Waals surface area contributed by atoms with Gasteiger partial charge in [-0.05, 0) is 48.1 Å². The summed E-state index contributed by atoms with van der Waals surface area (Å²) in [5.41, 5.74) is -7.42. The first-order valence-electron chi connectivity index (χ1n) is 16.9. The second kappa shape index (κ2) is 14.5. The zero-order valence-electron chi connectivity index (χ0n) is 30.3. The summed E-state index contributed by atoms with van der Waals surface area (Å²) in [6.07, 6.45) is -12.3. The Balaban J connectivity index is 1.44. The number of hydrogen-bond donors (Lipinski definition) is 3. The average Bonchev–Trinajstić information content (AvgIpc) is 3.43. The molecule has 1 aliphatic heterocycles. The van der Waals surface area contributed by atoms with Gasteiger partial charge in [-0.2, -0.15) is 40.6 Å². The maximum absolute atomic E-state index is 14.9. The van der Waals surface area contributed by atoms with Crippen molar-refractivity contribution in [2.75, 3.05) is 12.9 Å². The molecule has 2 atom stereocenters. The molecule has 1 saturated heterocycles. The van der Waals surface area contributed by atoms with Gasteiger partial charge in [0.25, 0.3) is 22.4 Å². The van der Waals surface area contributed by atoms with Crippen LogP contribution in [0.3, 0.4) is 0 Å². The molecule has 2 aromatic heterocycles. The highest BCUT2D eigenvalue weighted by atomic mass is 35.5. The summed E-state index contributed by atoms with van der Waals surface area (Å²) >= 11 is 6.34. The molecule has 0 spiro atoms. The van der Waals surface area contributed by atoms with Crippen LogP contribution in [-0.2, 0) is 25.1 Å². The van der Waals surface area contributed by atoms with Crippen molar-refractivity contribution in [3.8, 4) is 16.8 Å². The molecule has 2 aliphatic rings. The molecule has 24 heteroatoms. The van der Waals surface area contributed by atoms with Crippen LogP contribution in [-0.4, -0.2) is 86.0 Å². The van der Waals surface area contributed by atoms with Crippen molar-refractivity contribution in [2.24, 2.45) is 5.41 Å². The van der Waals surface area contributed by atoms with Gasteiger partial charge in [-0.25, -0.2) is 31.7 Å². The highest BCUT2D eigenvalue weighted by molar-refractivity contribution is 7.89. The molecule has 14 nitrogen and oxygen atoms in total. The molecule has 0 bridgehead atoms. The summed E-state index contributed by atoms with van der Waals surface area (Å²) in [5, 5.41) is 20.7. The van der Waals surface area contributed by atoms with Crippen molar-refractivity contribution in [3.63, 3.8) is 0 Å². The Bertz CT molecular complexity index is 2360. The van der Waals surface area contributed by atoms with E-state index in [4.69, 9.17) is 21.7 Å². The maximum Gasteiger partial charge on any atom is 0.411 e. The van der Waals surface area contributed by atoms with Crippen LogP contribution in [0.4, 0.5) is 39.9 Å². The highest BCUT2D eigenvalue weighted by Gasteiger charge is 2.65. The quantitative estimate of drug-likeness (QED) is 0.132. The third-order valence-electron chi connectivity index (χ3n) is 9.91. The zero-order chi connectivity index (χ0) is 42.8. The summed E-state index contributed by atoms with van der Waals surface area (Å²) in [4.78, 5) is 31.9. The van der Waals surface area contributed by atoms with E-state index < -0.39 is 101 Å². The SMILES string of the molecule is CC(C)(C[C@]1(c2ccc(-c3cnn(S(C)(=O)=O)c3)cc2)NC(=N)N([C@H](COC(=O)NC2(C(F)(F)F)CC2)c2ccc(Cl)c(-n3ncnc3C(F)F)c2)C1=O)C(F)(F)F. The second-order valence-electron chi connectivity index (χ2n) is 14.4. The van der Waals surface area contributed by atoms with Crippen molar-refractivity contribution in [1.82, 2.24) is 39.5 Å². The number of halogens is 9. The molecule has 58 heavy (non-hydrogen) atoms. The van der Waals surface area contributed by atoms with Crippen molar-refractivity contribution in [3.05, 3.63) is 83.2 Å². The number of guanidine groups is 1. The molecule has 2 aromatic carbocycles. The van der Waals surface area contributed by atoms with E-state index in [1.807, 2.05) is 0 Å². The number of ether oxygens (including phenoxy) is 1. The van der Waals surface area contributed by atoms with Crippen LogP contribution in [0.15, 0.2) is 61.2 Å². The van der Waals surface area contributed by atoms with Gasteiger partial charge in [-0.1, -0.05) is 55.8 Å². The average molecular weight is 866 g/mol. The fraction of sp³-hybridized carbons (Fsp3) is 0.412. The van der Waals surface area contributed by atoms with Crippen molar-refractivity contribution in [2.45, 2.75) is 69.0 Å². The first-order chi connectivity index (χ1) is 26.8. The molecular weight excluding hydrogens is 834 g/mol. The maximum atomic E-state index is 14.9. The van der Waals surface area contributed by atoms with Crippen LogP contribution in [0.25, 0.3) is 16.8 Å². The van der Waals surface area contributed by atoms with E-state index in [1.54, 1.807) is 5.32 Å². The van der Waals surface area contributed by atoms with Gasteiger partial charge in [0.1, 0.15) is 24.0 Å². The number of carbonyl (C=O) groups excluding carboxylic acids is 2. The molecule has 2 fully saturated rings. The van der Waals surface area contributed by atoms with Crippen LogP contribution in [0, 0.1) is 10.8 Å². The monoisotopic (exact) mass is 865 g/mol. The number of rotatable bonds is 12. The molecule has 3 N–H and O–H groups in total. The van der Waals surface area contributed by atoms with E-state index in [0.717, 1.165) is 32.5 Å². The van der Waals surface area contributed by atoms with Crippen LogP contribution >= 0.6 is 11.6 Å². The summed E-state index contributed by atoms with van der Waals surface area (Å²) < 4.78 is 143. The topological polar surface area (TPSA) is 177 Å². The fourth-order valence-corrected chi connectivity index (χ4v) is 7.20. The Morgan fingerprint density at radius 3 is 2.26 bits per heavy atom. The predicted octanol–water partition coefficient (Wildman–Crippen LogP) is 6.63. The first kappa shape index (κ1) is 42.3. The highest BCUT2D eigenvalue weighted by Crippen LogP contribution is 2.50. The van der Waals surface area contributed by atoms with Crippen molar-refractivity contribution < 1.29 is 57.9 Å². The lowest BCUT2D eigenvalue weighted by atomic mass is 9.73. The molecule has 4 aromatic rings. The summed E-state index contributed by atoms with van der Waals surface area (Å²) in [5.74, 6) is -2.88. The lowest BCUT2D eigenvalue weighted by molar-refractivity contribution is -0.218. The number of amides is 2. The molecule has 1 saturated carbocycles. The number of aromatic nitrogens is 5. The van der Waals surface area contributed by atoms with Gasteiger partial charge in [0, 0.05) is 5.56 Å². The molecule has 3 heterocycles. The molecule has 0 unspecified atom stereocenters. The van der Waals surface area contributed by atoms with Gasteiger partial charge in [-0.15, -0.1) is 0 Å². The van der Waals surface area contributed by atoms with E-state index in [1.165, 1.54) is 48.8 Å². The minimum atomic E-state index is -4.92. The van der Waals surface area contributed by atoms with Crippen molar-refractivity contribution >= 4 is 39.6 Å². The smallest absolute Gasteiger partial charge is 0.411 e. The van der Waals surface area contributed by atoms with E-state index in [-0.39, 0.29) is 27.4 Å². The number of hydrogen-bond acceptors (Lipinski definition) is 9. The third kappa shape index (κ3) is 7.79. The lowest BCUT2D eigenvalue weighted by Crippen LogP contribution is -2.50. The van der Waals surface area contributed by atoms with Gasteiger partial charge < -0.3 is 15.4 Å². The summed E-state index contributed by atoms with van der Waals surface area (Å²) in [7, 11) is -3.77. The van der Waals surface area contributed by atoms with E-state index in [0.29, 0.717) is 19.2 Å². The predicted molar refractivity (Wildman–Crippen MR) is 188 cm³/mol. The minimum absolute atomic E-state index is 0.0967. The van der Waals surface area contributed by atoms with Gasteiger partial charge in [0.2, 0.25) is 0 Å². The van der Waals surface area contributed by atoms with E-state index >= 15 is 0 Å². The van der Waals surface area contributed by atoms with E-state index in [2.05, 4.69) is 20.5 Å². The zero-order valence-corrected chi connectivity index (χ0v) is 31.9. The van der Waals surface area contributed by atoms with Gasteiger partial charge in [-0.3, -0.25) is 15.1 Å². The molecule has 1 aliphatic carbocycles. The number of carbonyl (C=O) groups is 2.